The van der Waals surface area contributed by atoms with E-state index in [1.807, 2.05) is 45.2 Å². The van der Waals surface area contributed by atoms with Crippen LogP contribution >= 0.6 is 11.3 Å². The van der Waals surface area contributed by atoms with E-state index < -0.39 is 5.97 Å². The summed E-state index contributed by atoms with van der Waals surface area (Å²) in [6.45, 7) is 7.74. The molecule has 168 valence electrons. The van der Waals surface area contributed by atoms with E-state index in [-0.39, 0.29) is 18.2 Å². The quantitative estimate of drug-likeness (QED) is 0.537. The fraction of sp³-hybridized carbons (Fsp3) is 0.458. The Kier molecular flexibility index (Phi) is 9.72. The highest BCUT2D eigenvalue weighted by Crippen LogP contribution is 2.18. The van der Waals surface area contributed by atoms with Gasteiger partial charge in [0.1, 0.15) is 12.2 Å². The van der Waals surface area contributed by atoms with Crippen molar-refractivity contribution in [3.63, 3.8) is 0 Å². The van der Waals surface area contributed by atoms with Gasteiger partial charge in [-0.1, -0.05) is 23.3 Å². The van der Waals surface area contributed by atoms with Crippen molar-refractivity contribution in [3.05, 3.63) is 63.3 Å². The summed E-state index contributed by atoms with van der Waals surface area (Å²) in [6.07, 6.45) is 10.2. The van der Waals surface area contributed by atoms with Gasteiger partial charge in [-0.15, -0.1) is 11.3 Å². The first-order valence-electron chi connectivity index (χ1n) is 10.5. The van der Waals surface area contributed by atoms with E-state index in [4.69, 9.17) is 9.47 Å². The van der Waals surface area contributed by atoms with Gasteiger partial charge >= 0.3 is 11.9 Å². The van der Waals surface area contributed by atoms with Gasteiger partial charge in [0.05, 0.1) is 10.7 Å². The van der Waals surface area contributed by atoms with Crippen molar-refractivity contribution in [2.75, 3.05) is 7.05 Å². The highest BCUT2D eigenvalue weighted by molar-refractivity contribution is 7.09. The number of rotatable bonds is 2. The second-order valence-corrected chi connectivity index (χ2v) is 8.84. The third-order valence-corrected chi connectivity index (χ3v) is 5.49. The number of cyclic esters (lactones) is 2. The number of nitrogens with one attached hydrogen (secondary N) is 1. The number of nitrogens with zero attached hydrogens (tertiary/aromatic N) is 1. The maximum Gasteiger partial charge on any atom is 0.332 e. The van der Waals surface area contributed by atoms with Gasteiger partial charge in [-0.05, 0) is 46.6 Å². The minimum Gasteiger partial charge on any atom is -0.459 e. The molecule has 31 heavy (non-hydrogen) atoms. The second-order valence-electron chi connectivity index (χ2n) is 7.90. The van der Waals surface area contributed by atoms with Crippen LogP contribution in [0.2, 0.25) is 0 Å². The van der Waals surface area contributed by atoms with Gasteiger partial charge in [0.15, 0.2) is 0 Å². The lowest BCUT2D eigenvalue weighted by Gasteiger charge is -2.13. The molecular weight excluding hydrogens is 412 g/mol. The molecule has 0 saturated carbocycles. The lowest BCUT2D eigenvalue weighted by molar-refractivity contribution is -0.142. The lowest BCUT2D eigenvalue weighted by atomic mass is 10.1. The normalized spacial score (nSPS) is 25.8. The van der Waals surface area contributed by atoms with Crippen molar-refractivity contribution in [2.45, 2.75) is 65.6 Å². The summed E-state index contributed by atoms with van der Waals surface area (Å²) >= 11 is 1.55. The molecule has 1 N–H and O–H groups in total. The summed E-state index contributed by atoms with van der Waals surface area (Å²) in [5.41, 5.74) is 3.82. The van der Waals surface area contributed by atoms with Gasteiger partial charge in [0, 0.05) is 43.1 Å². The summed E-state index contributed by atoms with van der Waals surface area (Å²) in [5, 5.41) is 5.99. The zero-order valence-corrected chi connectivity index (χ0v) is 19.8. The largest absolute Gasteiger partial charge is 0.459 e. The molecule has 2 atom stereocenters. The van der Waals surface area contributed by atoms with Crippen LogP contribution in [0.15, 0.2) is 52.6 Å². The molecule has 0 fully saturated rings. The van der Waals surface area contributed by atoms with Crippen molar-refractivity contribution in [1.29, 1.82) is 0 Å². The monoisotopic (exact) mass is 444 g/mol. The molecular formula is C24H32N2O4S. The minimum atomic E-state index is -0.399. The van der Waals surface area contributed by atoms with Gasteiger partial charge < -0.3 is 14.8 Å². The number of ether oxygens (including phenoxy) is 2. The molecule has 6 nitrogen and oxygen atoms in total. The van der Waals surface area contributed by atoms with Crippen LogP contribution < -0.4 is 5.32 Å². The number of esters is 2. The van der Waals surface area contributed by atoms with Crippen LogP contribution in [-0.4, -0.2) is 36.2 Å². The van der Waals surface area contributed by atoms with Gasteiger partial charge in [-0.3, -0.25) is 0 Å². The molecule has 2 bridgehead atoms. The Labute approximate surface area is 188 Å². The molecule has 1 aliphatic rings. The Hall–Kier alpha value is -2.67. The van der Waals surface area contributed by atoms with E-state index in [2.05, 4.69) is 10.3 Å². The molecule has 7 heteroatoms. The molecule has 0 saturated heterocycles. The van der Waals surface area contributed by atoms with E-state index in [1.54, 1.807) is 24.5 Å². The Morgan fingerprint density at radius 3 is 2.68 bits per heavy atom. The summed E-state index contributed by atoms with van der Waals surface area (Å²) in [4.78, 5) is 29.2. The van der Waals surface area contributed by atoms with Crippen molar-refractivity contribution >= 4 is 23.3 Å². The predicted octanol–water partition coefficient (Wildman–Crippen LogP) is 4.44. The second kappa shape index (κ2) is 12.2. The number of carbonyl (C=O) groups is 2. The first kappa shape index (κ1) is 24.6. The fourth-order valence-corrected chi connectivity index (χ4v) is 4.06. The standard InChI is InChI=1S/C24H32N2O4S/c1-16(2)11-21-14-22-26-20(15-31-22)10-9-19(25-5)13-24(28)29-18(4)12-17(3)7-6-8-23(27)30-21/h6-8,11,13,15,18,21,25H,9-10,12,14H2,1-5H3/b8-6-,17-7+,19-13-/t18-,21?/m0/s1. The maximum absolute atomic E-state index is 12.3. The molecule has 0 aliphatic carbocycles. The van der Waals surface area contributed by atoms with Crippen molar-refractivity contribution in [2.24, 2.45) is 0 Å². The summed E-state index contributed by atoms with van der Waals surface area (Å²) in [5.74, 6) is -0.770. The molecule has 1 unspecified atom stereocenters. The molecule has 1 aromatic rings. The number of fused-ring (bicyclic) bond motifs is 2. The first-order chi connectivity index (χ1) is 14.7. The van der Waals surface area contributed by atoms with E-state index >= 15 is 0 Å². The van der Waals surface area contributed by atoms with Gasteiger partial charge in [0.2, 0.25) is 0 Å². The minimum absolute atomic E-state index is 0.274. The van der Waals surface area contributed by atoms with Crippen molar-refractivity contribution < 1.29 is 19.1 Å². The SMILES string of the molecule is CN/C1=C\C(=O)O[C@@H](C)C/C(C)=C/C=C\C(=O)OC(C=C(C)C)Cc2nc(cs2)CC1. The van der Waals surface area contributed by atoms with Gasteiger partial charge in [-0.25, -0.2) is 14.6 Å². The molecule has 0 amide bonds. The zero-order chi connectivity index (χ0) is 22.8. The zero-order valence-electron chi connectivity index (χ0n) is 18.9. The average Bonchev–Trinajstić information content (AvgIpc) is 3.10. The Balaban J connectivity index is 2.28. The number of carbonyl (C=O) groups excluding carboxylic acids is 2. The smallest absolute Gasteiger partial charge is 0.332 e. The Morgan fingerprint density at radius 2 is 1.97 bits per heavy atom. The number of aryl methyl sites for hydroxylation is 1. The third kappa shape index (κ3) is 9.34. The number of aromatic nitrogens is 1. The lowest BCUT2D eigenvalue weighted by Crippen LogP contribution is -2.17. The van der Waals surface area contributed by atoms with E-state index in [0.29, 0.717) is 25.7 Å². The number of thiazole rings is 1. The molecule has 2 heterocycles. The molecule has 0 aromatic carbocycles. The van der Waals surface area contributed by atoms with E-state index in [1.165, 1.54) is 12.2 Å². The average molecular weight is 445 g/mol. The van der Waals surface area contributed by atoms with E-state index in [0.717, 1.165) is 27.5 Å². The summed E-state index contributed by atoms with van der Waals surface area (Å²) in [7, 11) is 1.79. The Morgan fingerprint density at radius 1 is 1.19 bits per heavy atom. The molecule has 1 aliphatic heterocycles. The van der Waals surface area contributed by atoms with Crippen molar-refractivity contribution in [3.8, 4) is 0 Å². The number of allylic oxidation sites excluding steroid dienone is 4. The van der Waals surface area contributed by atoms with Crippen LogP contribution in [0.25, 0.3) is 0 Å². The molecule has 1 aromatic heterocycles. The molecule has 0 spiro atoms. The Bertz CT molecular complexity index is 891. The van der Waals surface area contributed by atoms with Crippen molar-refractivity contribution in [1.82, 2.24) is 10.3 Å². The van der Waals surface area contributed by atoms with Crippen LogP contribution in [0, 0.1) is 0 Å². The molecule has 2 rings (SSSR count). The van der Waals surface area contributed by atoms with E-state index in [9.17, 15) is 9.59 Å². The van der Waals surface area contributed by atoms with Crippen LogP contribution in [-0.2, 0) is 31.9 Å². The number of hydrogen-bond donors (Lipinski definition) is 1. The van der Waals surface area contributed by atoms with Gasteiger partial charge in [-0.2, -0.15) is 0 Å². The fourth-order valence-electron chi connectivity index (χ4n) is 3.19. The van der Waals surface area contributed by atoms with Crippen LogP contribution in [0.3, 0.4) is 0 Å². The maximum atomic E-state index is 12.3. The topological polar surface area (TPSA) is 77.5 Å². The predicted molar refractivity (Wildman–Crippen MR) is 124 cm³/mol. The molecule has 0 radical (unpaired) electrons. The van der Waals surface area contributed by atoms with Crippen LogP contribution in [0.1, 0.15) is 51.2 Å². The highest BCUT2D eigenvalue weighted by Gasteiger charge is 2.15. The van der Waals surface area contributed by atoms with Gasteiger partial charge in [0.25, 0.3) is 0 Å². The first-order valence-corrected chi connectivity index (χ1v) is 11.3. The van der Waals surface area contributed by atoms with Crippen LogP contribution in [0.4, 0.5) is 0 Å². The third-order valence-electron chi connectivity index (χ3n) is 4.57. The van der Waals surface area contributed by atoms with Crippen LogP contribution in [0.5, 0.6) is 0 Å². The summed E-state index contributed by atoms with van der Waals surface area (Å²) < 4.78 is 11.1. The number of hydrogen-bond acceptors (Lipinski definition) is 7. The summed E-state index contributed by atoms with van der Waals surface area (Å²) in [6, 6.07) is 0. The highest BCUT2D eigenvalue weighted by atomic mass is 32.1.